The molecule has 1 saturated carbocycles. The summed E-state index contributed by atoms with van der Waals surface area (Å²) in [7, 11) is 0. The number of nitrogens with one attached hydrogen (secondary N) is 2. The SMILES string of the molecule is CC(C)(C)OC(=O)N1CCC2(CC1)CC(N1CCC(c3ccc(C(=O)NC4CCC(=O)NC4=O)c(F)c3)CC1)C2. The standard InChI is InChI=1S/C30H41FN4O5/c1-29(2,3)40-28(39)35-14-10-30(11-15-35)17-21(18-30)34-12-8-19(9-13-34)20-4-5-22(23(31)16-20)26(37)32-24-6-7-25(36)33-27(24)38/h4-5,16,19,21,24H,6-15,17-18H2,1-3H3,(H,32,37)(H,33,36,38). The third kappa shape index (κ3) is 6.32. The number of rotatable bonds is 4. The Bertz CT molecular complexity index is 1160. The monoisotopic (exact) mass is 556 g/mol. The Morgan fingerprint density at radius 1 is 1.05 bits per heavy atom. The highest BCUT2D eigenvalue weighted by Crippen LogP contribution is 2.51. The van der Waals surface area contributed by atoms with Gasteiger partial charge >= 0.3 is 6.09 Å². The fourth-order valence-corrected chi connectivity index (χ4v) is 6.73. The first-order valence-corrected chi connectivity index (χ1v) is 14.6. The fraction of sp³-hybridized carbons (Fsp3) is 0.667. The predicted molar refractivity (Wildman–Crippen MR) is 146 cm³/mol. The number of imide groups is 1. The topological polar surface area (TPSA) is 108 Å². The zero-order valence-electron chi connectivity index (χ0n) is 23.8. The van der Waals surface area contributed by atoms with Crippen LogP contribution in [-0.4, -0.2) is 77.5 Å². The van der Waals surface area contributed by atoms with E-state index in [9.17, 15) is 23.6 Å². The van der Waals surface area contributed by atoms with Gasteiger partial charge in [0.2, 0.25) is 11.8 Å². The lowest BCUT2D eigenvalue weighted by Crippen LogP contribution is -2.57. The van der Waals surface area contributed by atoms with Crippen molar-refractivity contribution in [1.82, 2.24) is 20.4 Å². The summed E-state index contributed by atoms with van der Waals surface area (Å²) in [5.74, 6) is -1.93. The molecule has 218 valence electrons. The summed E-state index contributed by atoms with van der Waals surface area (Å²) in [6.07, 6.45) is 6.43. The van der Waals surface area contributed by atoms with E-state index in [1.54, 1.807) is 0 Å². The molecule has 9 nitrogen and oxygen atoms in total. The largest absolute Gasteiger partial charge is 0.444 e. The van der Waals surface area contributed by atoms with E-state index in [-0.39, 0.29) is 36.3 Å². The van der Waals surface area contributed by atoms with Crippen LogP contribution in [0.4, 0.5) is 9.18 Å². The molecule has 3 heterocycles. The van der Waals surface area contributed by atoms with Gasteiger partial charge in [-0.3, -0.25) is 19.7 Å². The highest BCUT2D eigenvalue weighted by Gasteiger charge is 2.49. The molecular formula is C30H41FN4O5. The highest BCUT2D eigenvalue weighted by molar-refractivity contribution is 6.03. The number of hydrogen-bond donors (Lipinski definition) is 2. The van der Waals surface area contributed by atoms with Gasteiger partial charge in [-0.2, -0.15) is 0 Å². The van der Waals surface area contributed by atoms with Crippen molar-refractivity contribution in [2.24, 2.45) is 5.41 Å². The average molecular weight is 557 g/mol. The second-order valence-corrected chi connectivity index (χ2v) is 13.1. The molecule has 1 aromatic carbocycles. The molecule has 0 bridgehead atoms. The maximum Gasteiger partial charge on any atom is 0.410 e. The molecule has 0 aromatic heterocycles. The van der Waals surface area contributed by atoms with Crippen molar-refractivity contribution in [1.29, 1.82) is 0 Å². The maximum atomic E-state index is 14.9. The quantitative estimate of drug-likeness (QED) is 0.548. The van der Waals surface area contributed by atoms with Crippen LogP contribution in [-0.2, 0) is 14.3 Å². The molecule has 5 rings (SSSR count). The van der Waals surface area contributed by atoms with Gasteiger partial charge in [-0.25, -0.2) is 9.18 Å². The van der Waals surface area contributed by atoms with E-state index >= 15 is 0 Å². The maximum absolute atomic E-state index is 14.9. The molecule has 1 aliphatic carbocycles. The lowest BCUT2D eigenvalue weighted by atomic mass is 9.59. The van der Waals surface area contributed by atoms with E-state index in [0.717, 1.165) is 57.4 Å². The first-order valence-electron chi connectivity index (χ1n) is 14.6. The molecule has 0 radical (unpaired) electrons. The van der Waals surface area contributed by atoms with Crippen LogP contribution in [0, 0.1) is 11.2 Å². The van der Waals surface area contributed by atoms with Crippen molar-refractivity contribution in [2.75, 3.05) is 26.2 Å². The minimum Gasteiger partial charge on any atom is -0.444 e. The zero-order chi connectivity index (χ0) is 28.7. The van der Waals surface area contributed by atoms with Crippen LogP contribution >= 0.6 is 0 Å². The predicted octanol–water partition coefficient (Wildman–Crippen LogP) is 3.72. The van der Waals surface area contributed by atoms with E-state index in [4.69, 9.17) is 4.74 Å². The number of ether oxygens (including phenoxy) is 1. The number of carbonyl (C=O) groups is 4. The van der Waals surface area contributed by atoms with Crippen LogP contribution < -0.4 is 10.6 Å². The van der Waals surface area contributed by atoms with Gasteiger partial charge in [0, 0.05) is 25.6 Å². The van der Waals surface area contributed by atoms with Crippen LogP contribution in [0.3, 0.4) is 0 Å². The number of likely N-dealkylation sites (tertiary alicyclic amines) is 2. The Balaban J connectivity index is 1.07. The smallest absolute Gasteiger partial charge is 0.410 e. The third-order valence-electron chi connectivity index (χ3n) is 9.11. The van der Waals surface area contributed by atoms with Crippen molar-refractivity contribution in [3.8, 4) is 0 Å². The number of nitrogens with zero attached hydrogens (tertiary/aromatic N) is 2. The number of benzene rings is 1. The van der Waals surface area contributed by atoms with E-state index < -0.39 is 29.3 Å². The summed E-state index contributed by atoms with van der Waals surface area (Å²) >= 11 is 0. The van der Waals surface area contributed by atoms with Crippen molar-refractivity contribution >= 4 is 23.8 Å². The number of halogens is 1. The van der Waals surface area contributed by atoms with Gasteiger partial charge < -0.3 is 19.9 Å². The minimum atomic E-state index is -0.836. The van der Waals surface area contributed by atoms with Crippen molar-refractivity contribution in [3.05, 3.63) is 35.1 Å². The van der Waals surface area contributed by atoms with Gasteiger partial charge in [0.1, 0.15) is 17.5 Å². The van der Waals surface area contributed by atoms with Crippen LogP contribution in [0.5, 0.6) is 0 Å². The van der Waals surface area contributed by atoms with Crippen LogP contribution in [0.2, 0.25) is 0 Å². The molecule has 3 aliphatic heterocycles. The zero-order valence-corrected chi connectivity index (χ0v) is 23.8. The minimum absolute atomic E-state index is 0.0941. The molecule has 1 aromatic rings. The van der Waals surface area contributed by atoms with E-state index in [0.29, 0.717) is 11.5 Å². The molecule has 2 N–H and O–H groups in total. The number of carbonyl (C=O) groups excluding carboxylic acids is 4. The van der Waals surface area contributed by atoms with Gasteiger partial charge in [0.15, 0.2) is 0 Å². The van der Waals surface area contributed by atoms with Gasteiger partial charge in [-0.05, 0) is 108 Å². The number of amides is 4. The Morgan fingerprint density at radius 2 is 1.73 bits per heavy atom. The summed E-state index contributed by atoms with van der Waals surface area (Å²) in [6, 6.07) is 4.51. The lowest BCUT2D eigenvalue weighted by Gasteiger charge is -2.56. The summed E-state index contributed by atoms with van der Waals surface area (Å²) in [5.41, 5.74) is 0.672. The Hall–Kier alpha value is -3.01. The van der Waals surface area contributed by atoms with Gasteiger partial charge in [-0.1, -0.05) is 6.07 Å². The molecular weight excluding hydrogens is 515 g/mol. The van der Waals surface area contributed by atoms with E-state index in [1.807, 2.05) is 31.7 Å². The second kappa shape index (κ2) is 11.1. The molecule has 4 fully saturated rings. The Morgan fingerprint density at radius 3 is 2.33 bits per heavy atom. The molecule has 1 atom stereocenters. The van der Waals surface area contributed by atoms with E-state index in [2.05, 4.69) is 15.5 Å². The molecule has 1 unspecified atom stereocenters. The first kappa shape index (κ1) is 28.5. The Kier molecular flexibility index (Phi) is 7.92. The Labute approximate surface area is 235 Å². The highest BCUT2D eigenvalue weighted by atomic mass is 19.1. The summed E-state index contributed by atoms with van der Waals surface area (Å²) < 4.78 is 20.5. The lowest BCUT2D eigenvalue weighted by molar-refractivity contribution is -0.134. The van der Waals surface area contributed by atoms with Crippen molar-refractivity contribution < 1.29 is 28.3 Å². The summed E-state index contributed by atoms with van der Waals surface area (Å²) in [5, 5.41) is 4.74. The van der Waals surface area contributed by atoms with Crippen LogP contribution in [0.1, 0.15) is 94.0 Å². The van der Waals surface area contributed by atoms with Crippen molar-refractivity contribution in [2.45, 2.75) is 95.7 Å². The summed E-state index contributed by atoms with van der Waals surface area (Å²) in [4.78, 5) is 52.6. The molecule has 40 heavy (non-hydrogen) atoms. The van der Waals surface area contributed by atoms with Crippen LogP contribution in [0.25, 0.3) is 0 Å². The third-order valence-corrected chi connectivity index (χ3v) is 9.11. The van der Waals surface area contributed by atoms with E-state index in [1.165, 1.54) is 25.0 Å². The molecule has 4 aliphatic rings. The second-order valence-electron chi connectivity index (χ2n) is 13.1. The number of piperidine rings is 3. The molecule has 10 heteroatoms. The first-order chi connectivity index (χ1) is 18.9. The fourth-order valence-electron chi connectivity index (χ4n) is 6.73. The van der Waals surface area contributed by atoms with Gasteiger partial charge in [0.25, 0.3) is 5.91 Å². The normalized spacial score (nSPS) is 24.4. The summed E-state index contributed by atoms with van der Waals surface area (Å²) in [6.45, 7) is 9.14. The van der Waals surface area contributed by atoms with Crippen LogP contribution in [0.15, 0.2) is 18.2 Å². The van der Waals surface area contributed by atoms with Gasteiger partial charge in [-0.15, -0.1) is 0 Å². The number of hydrogen-bond acceptors (Lipinski definition) is 6. The molecule has 3 saturated heterocycles. The average Bonchev–Trinajstić information content (AvgIpc) is 2.88. The van der Waals surface area contributed by atoms with Gasteiger partial charge in [0.05, 0.1) is 5.56 Å². The van der Waals surface area contributed by atoms with Crippen molar-refractivity contribution in [3.63, 3.8) is 0 Å². The molecule has 1 spiro atoms. The molecule has 4 amide bonds.